The number of azide groups is 1. The fourth-order valence-electron chi connectivity index (χ4n) is 3.22. The minimum absolute atomic E-state index is 0.242. The number of fused-ring (bicyclic) bond motifs is 1. The fourth-order valence-corrected chi connectivity index (χ4v) is 3.22. The number of rotatable bonds is 6. The first-order valence-electron chi connectivity index (χ1n) is 8.38. The van der Waals surface area contributed by atoms with Gasteiger partial charge in [-0.15, -0.1) is 0 Å². The van der Waals surface area contributed by atoms with Crippen molar-refractivity contribution in [3.63, 3.8) is 0 Å². The molecular weight excluding hydrogens is 342 g/mol. The topological polar surface area (TPSA) is 115 Å². The monoisotopic (exact) mass is 365 g/mol. The number of benzene rings is 1. The third-order valence-electron chi connectivity index (χ3n) is 4.39. The SMILES string of the molecule is COc1ccc(CO[C@H]2O[C@H](CO)[C@@H]3OC(C)(C)O[C@@H]3[C@H]2N=[N+]=[N-])cc1. The summed E-state index contributed by atoms with van der Waals surface area (Å²) in [4.78, 5) is 2.90. The van der Waals surface area contributed by atoms with Crippen LogP contribution >= 0.6 is 0 Å². The van der Waals surface area contributed by atoms with Crippen molar-refractivity contribution in [1.82, 2.24) is 0 Å². The molecule has 0 spiro atoms. The first-order chi connectivity index (χ1) is 12.5. The summed E-state index contributed by atoms with van der Waals surface area (Å²) in [5, 5.41) is 13.5. The Bertz CT molecular complexity index is 661. The highest BCUT2D eigenvalue weighted by Gasteiger charge is 2.55. The smallest absolute Gasteiger partial charge is 0.169 e. The van der Waals surface area contributed by atoms with E-state index in [1.807, 2.05) is 24.3 Å². The molecule has 0 aromatic heterocycles. The number of aliphatic hydroxyl groups excluding tert-OH is 1. The molecule has 9 heteroatoms. The standard InChI is InChI=1S/C17H23N3O6/c1-17(2)25-14-12(8-21)24-16(13(19-20-18)15(14)26-17)23-9-10-4-6-11(22-3)7-5-10/h4-7,12-16,21H,8-9H2,1-3H3/t12-,13-,14+,15-,16+/m1/s1. The Morgan fingerprint density at radius 1 is 1.23 bits per heavy atom. The Balaban J connectivity index is 1.74. The highest BCUT2D eigenvalue weighted by atomic mass is 16.8. The molecule has 1 aromatic carbocycles. The van der Waals surface area contributed by atoms with Crippen molar-refractivity contribution in [2.45, 2.75) is 56.9 Å². The van der Waals surface area contributed by atoms with E-state index < -0.39 is 36.4 Å². The highest BCUT2D eigenvalue weighted by Crippen LogP contribution is 2.39. The summed E-state index contributed by atoms with van der Waals surface area (Å²) < 4.78 is 28.5. The highest BCUT2D eigenvalue weighted by molar-refractivity contribution is 5.26. The van der Waals surface area contributed by atoms with Gasteiger partial charge in [-0.25, -0.2) is 0 Å². The third-order valence-corrected chi connectivity index (χ3v) is 4.39. The van der Waals surface area contributed by atoms with Gasteiger partial charge in [0.25, 0.3) is 0 Å². The van der Waals surface area contributed by atoms with Gasteiger partial charge in [0.2, 0.25) is 0 Å². The quantitative estimate of drug-likeness (QED) is 0.469. The maximum Gasteiger partial charge on any atom is 0.169 e. The van der Waals surface area contributed by atoms with Gasteiger partial charge in [0.1, 0.15) is 30.1 Å². The molecule has 1 aromatic rings. The van der Waals surface area contributed by atoms with Gasteiger partial charge in [-0.2, -0.15) is 0 Å². The van der Waals surface area contributed by atoms with Gasteiger partial charge in [-0.3, -0.25) is 0 Å². The van der Waals surface area contributed by atoms with Crippen molar-refractivity contribution in [3.05, 3.63) is 40.3 Å². The zero-order chi connectivity index (χ0) is 18.7. The van der Waals surface area contributed by atoms with Gasteiger partial charge in [0.05, 0.1) is 20.3 Å². The van der Waals surface area contributed by atoms with E-state index >= 15 is 0 Å². The molecule has 0 amide bonds. The molecule has 142 valence electrons. The Labute approximate surface area is 151 Å². The summed E-state index contributed by atoms with van der Waals surface area (Å²) in [5.74, 6) is -0.114. The average Bonchev–Trinajstić information content (AvgIpc) is 2.96. The van der Waals surface area contributed by atoms with Gasteiger partial charge in [-0.1, -0.05) is 17.2 Å². The number of nitrogens with zero attached hydrogens (tertiary/aromatic N) is 3. The lowest BCUT2D eigenvalue weighted by Crippen LogP contribution is -2.57. The third kappa shape index (κ3) is 3.93. The van der Waals surface area contributed by atoms with E-state index in [4.69, 9.17) is 29.2 Å². The first kappa shape index (κ1) is 18.9. The Kier molecular flexibility index (Phi) is 5.67. The Hall–Kier alpha value is -1.87. The van der Waals surface area contributed by atoms with Crippen LogP contribution in [0.3, 0.4) is 0 Å². The van der Waals surface area contributed by atoms with Crippen LogP contribution in [0.15, 0.2) is 29.4 Å². The zero-order valence-corrected chi connectivity index (χ0v) is 14.9. The molecule has 0 saturated carbocycles. The summed E-state index contributed by atoms with van der Waals surface area (Å²) in [6, 6.07) is 6.67. The van der Waals surface area contributed by atoms with Crippen LogP contribution in [0.1, 0.15) is 19.4 Å². The lowest BCUT2D eigenvalue weighted by atomic mass is 9.98. The molecule has 2 aliphatic heterocycles. The van der Waals surface area contributed by atoms with Crippen molar-refractivity contribution >= 4 is 0 Å². The van der Waals surface area contributed by atoms with Crippen molar-refractivity contribution in [3.8, 4) is 5.75 Å². The fraction of sp³-hybridized carbons (Fsp3) is 0.647. The normalized spacial score (nSPS) is 32.5. The van der Waals surface area contributed by atoms with Crippen LogP contribution in [-0.2, 0) is 25.6 Å². The lowest BCUT2D eigenvalue weighted by Gasteiger charge is -2.39. The van der Waals surface area contributed by atoms with Crippen LogP contribution < -0.4 is 4.74 Å². The summed E-state index contributed by atoms with van der Waals surface area (Å²) in [7, 11) is 1.60. The van der Waals surface area contributed by atoms with Crippen LogP contribution in [0.2, 0.25) is 0 Å². The Morgan fingerprint density at radius 3 is 2.54 bits per heavy atom. The molecule has 0 aliphatic carbocycles. The summed E-state index contributed by atoms with van der Waals surface area (Å²) >= 11 is 0. The number of hydrogen-bond acceptors (Lipinski definition) is 7. The predicted octanol–water partition coefficient (Wildman–Crippen LogP) is 2.13. The number of aliphatic hydroxyl groups is 1. The van der Waals surface area contributed by atoms with E-state index in [0.29, 0.717) is 0 Å². The van der Waals surface area contributed by atoms with E-state index in [1.165, 1.54) is 0 Å². The molecule has 1 N–H and O–H groups in total. The van der Waals surface area contributed by atoms with Crippen LogP contribution in [0.25, 0.3) is 10.4 Å². The molecule has 2 heterocycles. The van der Waals surface area contributed by atoms with Gasteiger partial charge in [-0.05, 0) is 37.1 Å². The van der Waals surface area contributed by atoms with Crippen molar-refractivity contribution in [2.75, 3.05) is 13.7 Å². The molecule has 3 rings (SSSR count). The maximum absolute atomic E-state index is 9.65. The Morgan fingerprint density at radius 2 is 1.92 bits per heavy atom. The molecule has 0 unspecified atom stereocenters. The molecule has 26 heavy (non-hydrogen) atoms. The average molecular weight is 365 g/mol. The minimum atomic E-state index is -0.861. The molecule has 2 aliphatic rings. The van der Waals surface area contributed by atoms with Crippen LogP contribution in [0.4, 0.5) is 0 Å². The van der Waals surface area contributed by atoms with Gasteiger partial charge >= 0.3 is 0 Å². The van der Waals surface area contributed by atoms with E-state index in [-0.39, 0.29) is 13.2 Å². The second kappa shape index (κ2) is 7.79. The zero-order valence-electron chi connectivity index (χ0n) is 14.9. The van der Waals surface area contributed by atoms with E-state index in [2.05, 4.69) is 10.0 Å². The second-order valence-electron chi connectivity index (χ2n) is 6.64. The van der Waals surface area contributed by atoms with Crippen molar-refractivity contribution in [1.29, 1.82) is 0 Å². The number of hydrogen-bond donors (Lipinski definition) is 1. The van der Waals surface area contributed by atoms with E-state index in [9.17, 15) is 5.11 Å². The maximum atomic E-state index is 9.65. The first-order valence-corrected chi connectivity index (χ1v) is 8.38. The van der Waals surface area contributed by atoms with Gasteiger partial charge in [0.15, 0.2) is 12.1 Å². The second-order valence-corrected chi connectivity index (χ2v) is 6.64. The summed E-state index contributed by atoms with van der Waals surface area (Å²) in [6.07, 6.45) is -2.59. The number of methoxy groups -OCH3 is 1. The molecule has 5 atom stereocenters. The summed E-state index contributed by atoms with van der Waals surface area (Å²) in [6.45, 7) is 3.51. The predicted molar refractivity (Wildman–Crippen MR) is 90.3 cm³/mol. The molecule has 0 radical (unpaired) electrons. The molecule has 0 bridgehead atoms. The van der Waals surface area contributed by atoms with Crippen molar-refractivity contribution in [2.24, 2.45) is 5.11 Å². The molecule has 9 nitrogen and oxygen atoms in total. The van der Waals surface area contributed by atoms with E-state index in [1.54, 1.807) is 21.0 Å². The largest absolute Gasteiger partial charge is 0.497 e. The molecule has 2 fully saturated rings. The lowest BCUT2D eigenvalue weighted by molar-refractivity contribution is -0.250. The van der Waals surface area contributed by atoms with Crippen molar-refractivity contribution < 1.29 is 28.8 Å². The molecule has 2 saturated heterocycles. The van der Waals surface area contributed by atoms with Crippen LogP contribution in [0.5, 0.6) is 5.75 Å². The van der Waals surface area contributed by atoms with E-state index in [0.717, 1.165) is 11.3 Å². The number of ether oxygens (including phenoxy) is 5. The summed E-state index contributed by atoms with van der Waals surface area (Å²) in [5.41, 5.74) is 9.84. The van der Waals surface area contributed by atoms with Gasteiger partial charge in [0, 0.05) is 4.91 Å². The van der Waals surface area contributed by atoms with Crippen LogP contribution in [0, 0.1) is 0 Å². The minimum Gasteiger partial charge on any atom is -0.497 e. The van der Waals surface area contributed by atoms with Crippen LogP contribution in [-0.4, -0.2) is 55.3 Å². The molecular formula is C17H23N3O6. The van der Waals surface area contributed by atoms with Gasteiger partial charge < -0.3 is 28.8 Å².